The number of rotatable bonds is 5. The second-order valence-electron chi connectivity index (χ2n) is 6.12. The van der Waals surface area contributed by atoms with Crippen LogP contribution in [0.1, 0.15) is 37.1 Å². The predicted octanol–water partition coefficient (Wildman–Crippen LogP) is 3.23. The van der Waals surface area contributed by atoms with Crippen LogP contribution >= 0.6 is 0 Å². The molecule has 1 atom stereocenters. The standard InChI is InChI=1S/C18H23FN2O2/c1-13(18-3-2-10-23-18)20-12-14-4-5-17(16(19)11-14)21-8-6-15(22)7-9-21/h2-5,10-11,13,15,20,22H,6-9,12H2,1H3. The van der Waals surface area contributed by atoms with Crippen molar-refractivity contribution in [3.05, 3.63) is 53.7 Å². The fourth-order valence-electron chi connectivity index (χ4n) is 2.93. The van der Waals surface area contributed by atoms with Crippen LogP contribution in [-0.2, 0) is 6.54 Å². The Labute approximate surface area is 135 Å². The third-order valence-corrected chi connectivity index (χ3v) is 4.40. The van der Waals surface area contributed by atoms with Crippen molar-refractivity contribution in [1.29, 1.82) is 0 Å². The Morgan fingerprint density at radius 1 is 1.35 bits per heavy atom. The first-order chi connectivity index (χ1) is 11.1. The molecule has 0 bridgehead atoms. The Morgan fingerprint density at radius 3 is 2.78 bits per heavy atom. The van der Waals surface area contributed by atoms with Crippen LogP contribution in [0.5, 0.6) is 0 Å². The second-order valence-corrected chi connectivity index (χ2v) is 6.12. The molecule has 1 unspecified atom stereocenters. The lowest BCUT2D eigenvalue weighted by atomic mass is 10.1. The van der Waals surface area contributed by atoms with Crippen molar-refractivity contribution >= 4 is 5.69 Å². The lowest BCUT2D eigenvalue weighted by Crippen LogP contribution is -2.36. The van der Waals surface area contributed by atoms with Gasteiger partial charge in [-0.3, -0.25) is 0 Å². The maximum atomic E-state index is 14.4. The minimum absolute atomic E-state index is 0.0799. The Kier molecular flexibility index (Phi) is 4.98. The van der Waals surface area contributed by atoms with Gasteiger partial charge in [0.05, 0.1) is 24.1 Å². The quantitative estimate of drug-likeness (QED) is 0.888. The molecule has 1 aliphatic rings. The van der Waals surface area contributed by atoms with Crippen molar-refractivity contribution < 1.29 is 13.9 Å². The first-order valence-electron chi connectivity index (χ1n) is 8.11. The van der Waals surface area contributed by atoms with Gasteiger partial charge in [0.1, 0.15) is 11.6 Å². The van der Waals surface area contributed by atoms with Gasteiger partial charge in [0.15, 0.2) is 0 Å². The van der Waals surface area contributed by atoms with E-state index in [4.69, 9.17) is 4.42 Å². The van der Waals surface area contributed by atoms with Crippen LogP contribution < -0.4 is 10.2 Å². The minimum Gasteiger partial charge on any atom is -0.468 e. The van der Waals surface area contributed by atoms with Crippen molar-refractivity contribution in [3.63, 3.8) is 0 Å². The summed E-state index contributed by atoms with van der Waals surface area (Å²) in [6, 6.07) is 9.23. The molecule has 124 valence electrons. The van der Waals surface area contributed by atoms with Crippen LogP contribution in [0.15, 0.2) is 41.0 Å². The van der Waals surface area contributed by atoms with Gasteiger partial charge in [0, 0.05) is 19.6 Å². The molecule has 1 fully saturated rings. The normalized spacial score (nSPS) is 17.4. The first-order valence-corrected chi connectivity index (χ1v) is 8.11. The number of nitrogens with zero attached hydrogens (tertiary/aromatic N) is 1. The molecule has 0 radical (unpaired) electrons. The average Bonchev–Trinajstić information content (AvgIpc) is 3.08. The molecule has 2 N–H and O–H groups in total. The lowest BCUT2D eigenvalue weighted by Gasteiger charge is -2.31. The van der Waals surface area contributed by atoms with Crippen LogP contribution in [-0.4, -0.2) is 24.3 Å². The van der Waals surface area contributed by atoms with Crippen LogP contribution in [0.3, 0.4) is 0 Å². The number of halogens is 1. The summed E-state index contributed by atoms with van der Waals surface area (Å²) < 4.78 is 19.7. The molecular weight excluding hydrogens is 295 g/mol. The Morgan fingerprint density at radius 2 is 2.13 bits per heavy atom. The van der Waals surface area contributed by atoms with Crippen molar-refractivity contribution in [3.8, 4) is 0 Å². The zero-order chi connectivity index (χ0) is 16.2. The van der Waals surface area contributed by atoms with Gasteiger partial charge in [0.25, 0.3) is 0 Å². The molecule has 23 heavy (non-hydrogen) atoms. The molecule has 0 amide bonds. The molecule has 1 aliphatic heterocycles. The number of aliphatic hydroxyl groups excluding tert-OH is 1. The van der Waals surface area contributed by atoms with Crippen LogP contribution in [0, 0.1) is 5.82 Å². The number of hydrogen-bond donors (Lipinski definition) is 2. The van der Waals surface area contributed by atoms with Crippen molar-refractivity contribution in [2.24, 2.45) is 0 Å². The topological polar surface area (TPSA) is 48.6 Å². The van der Waals surface area contributed by atoms with Crippen molar-refractivity contribution in [2.45, 2.75) is 38.5 Å². The third kappa shape index (κ3) is 3.92. The van der Waals surface area contributed by atoms with E-state index >= 15 is 0 Å². The summed E-state index contributed by atoms with van der Waals surface area (Å²) in [6.45, 7) is 4.00. The number of anilines is 1. The third-order valence-electron chi connectivity index (χ3n) is 4.40. The van der Waals surface area contributed by atoms with E-state index in [1.807, 2.05) is 36.1 Å². The van der Waals surface area contributed by atoms with Crippen LogP contribution in [0.25, 0.3) is 0 Å². The Balaban J connectivity index is 1.60. The van der Waals surface area contributed by atoms with E-state index in [1.165, 1.54) is 0 Å². The van der Waals surface area contributed by atoms with Gasteiger partial charge >= 0.3 is 0 Å². The van der Waals surface area contributed by atoms with E-state index in [1.54, 1.807) is 12.3 Å². The van der Waals surface area contributed by atoms with Gasteiger partial charge in [-0.1, -0.05) is 6.07 Å². The van der Waals surface area contributed by atoms with E-state index in [0.29, 0.717) is 38.2 Å². The fourth-order valence-corrected chi connectivity index (χ4v) is 2.93. The summed E-state index contributed by atoms with van der Waals surface area (Å²) in [4.78, 5) is 2.00. The molecule has 4 nitrogen and oxygen atoms in total. The average molecular weight is 318 g/mol. The largest absolute Gasteiger partial charge is 0.468 e. The fraction of sp³-hybridized carbons (Fsp3) is 0.444. The summed E-state index contributed by atoms with van der Waals surface area (Å²) >= 11 is 0. The highest BCUT2D eigenvalue weighted by Gasteiger charge is 2.19. The molecule has 0 aliphatic carbocycles. The van der Waals surface area contributed by atoms with E-state index in [-0.39, 0.29) is 18.0 Å². The van der Waals surface area contributed by atoms with Gasteiger partial charge < -0.3 is 19.7 Å². The lowest BCUT2D eigenvalue weighted by molar-refractivity contribution is 0.145. The number of hydrogen-bond acceptors (Lipinski definition) is 4. The van der Waals surface area contributed by atoms with Crippen molar-refractivity contribution in [2.75, 3.05) is 18.0 Å². The molecular formula is C18H23FN2O2. The number of furan rings is 1. The molecule has 1 saturated heterocycles. The number of aliphatic hydroxyl groups is 1. The smallest absolute Gasteiger partial charge is 0.146 e. The zero-order valence-electron chi connectivity index (χ0n) is 13.3. The van der Waals surface area contributed by atoms with E-state index in [0.717, 1.165) is 11.3 Å². The number of piperidine rings is 1. The number of nitrogens with one attached hydrogen (secondary N) is 1. The summed E-state index contributed by atoms with van der Waals surface area (Å²) in [7, 11) is 0. The summed E-state index contributed by atoms with van der Waals surface area (Å²) in [6.07, 6.45) is 2.80. The van der Waals surface area contributed by atoms with E-state index in [2.05, 4.69) is 5.32 Å². The predicted molar refractivity (Wildman–Crippen MR) is 87.8 cm³/mol. The van der Waals surface area contributed by atoms with Crippen LogP contribution in [0.4, 0.5) is 10.1 Å². The first kappa shape index (κ1) is 16.0. The van der Waals surface area contributed by atoms with Gasteiger partial charge in [-0.05, 0) is 49.6 Å². The summed E-state index contributed by atoms with van der Waals surface area (Å²) in [5.41, 5.74) is 1.53. The SMILES string of the molecule is CC(NCc1ccc(N2CCC(O)CC2)c(F)c1)c1ccco1. The van der Waals surface area contributed by atoms with Gasteiger partial charge in [-0.2, -0.15) is 0 Å². The van der Waals surface area contributed by atoms with E-state index in [9.17, 15) is 9.50 Å². The molecule has 1 aromatic carbocycles. The molecule has 0 saturated carbocycles. The highest BCUT2D eigenvalue weighted by Crippen LogP contribution is 2.24. The monoisotopic (exact) mass is 318 g/mol. The number of benzene rings is 1. The highest BCUT2D eigenvalue weighted by molar-refractivity contribution is 5.49. The van der Waals surface area contributed by atoms with Gasteiger partial charge in [-0.15, -0.1) is 0 Å². The van der Waals surface area contributed by atoms with Gasteiger partial charge in [-0.25, -0.2) is 4.39 Å². The second kappa shape index (κ2) is 7.15. The van der Waals surface area contributed by atoms with Crippen LogP contribution in [0.2, 0.25) is 0 Å². The molecule has 3 rings (SSSR count). The molecule has 1 aromatic heterocycles. The highest BCUT2D eigenvalue weighted by atomic mass is 19.1. The maximum Gasteiger partial charge on any atom is 0.146 e. The van der Waals surface area contributed by atoms with E-state index < -0.39 is 0 Å². The minimum atomic E-state index is -0.249. The molecule has 2 aromatic rings. The summed E-state index contributed by atoms with van der Waals surface area (Å²) in [5.74, 6) is 0.667. The maximum absolute atomic E-state index is 14.4. The zero-order valence-corrected chi connectivity index (χ0v) is 13.3. The molecule has 5 heteroatoms. The molecule has 0 spiro atoms. The summed E-state index contributed by atoms with van der Waals surface area (Å²) in [5, 5.41) is 12.9. The molecule has 2 heterocycles. The van der Waals surface area contributed by atoms with Crippen molar-refractivity contribution in [1.82, 2.24) is 5.32 Å². The Bertz CT molecular complexity index is 622. The van der Waals surface area contributed by atoms with Gasteiger partial charge in [0.2, 0.25) is 0 Å². The Hall–Kier alpha value is -1.85.